The number of aromatic nitrogens is 2. The maximum absolute atomic E-state index is 9.91. The molecule has 0 aliphatic heterocycles. The molecule has 92 valence electrons. The Hall–Kier alpha value is -1.39. The lowest BCUT2D eigenvalue weighted by atomic mass is 10.0. The molecule has 0 bridgehead atoms. The number of H-pyrrole nitrogens is 1. The lowest BCUT2D eigenvalue weighted by molar-refractivity contribution is 0.153. The third-order valence-electron chi connectivity index (χ3n) is 2.91. The first-order valence-corrected chi connectivity index (χ1v) is 5.92. The average Bonchev–Trinajstić information content (AvgIpc) is 2.70. The summed E-state index contributed by atoms with van der Waals surface area (Å²) < 4.78 is 0. The van der Waals surface area contributed by atoms with Gasteiger partial charge in [0.1, 0.15) is 5.82 Å². The number of imidazole rings is 1. The van der Waals surface area contributed by atoms with Crippen molar-refractivity contribution in [2.45, 2.75) is 38.8 Å². The van der Waals surface area contributed by atoms with Gasteiger partial charge in [0.15, 0.2) is 0 Å². The van der Waals surface area contributed by atoms with Gasteiger partial charge in [-0.25, -0.2) is 4.98 Å². The number of nitrogens with one attached hydrogen (secondary N) is 1. The van der Waals surface area contributed by atoms with Crippen molar-refractivity contribution in [1.82, 2.24) is 9.97 Å². The molecule has 0 aliphatic carbocycles. The molecular weight excluding hydrogens is 214 g/mol. The van der Waals surface area contributed by atoms with Gasteiger partial charge in [-0.15, -0.1) is 0 Å². The average molecular weight is 233 g/mol. The second-order valence-electron chi connectivity index (χ2n) is 4.86. The molecule has 0 fully saturated rings. The summed E-state index contributed by atoms with van der Waals surface area (Å²) in [4.78, 5) is 7.76. The first kappa shape index (κ1) is 12.1. The fourth-order valence-corrected chi connectivity index (χ4v) is 1.81. The third kappa shape index (κ3) is 2.33. The Bertz CT molecular complexity index is 516. The van der Waals surface area contributed by atoms with Crippen LogP contribution in [0.4, 0.5) is 0 Å². The number of hydrogen-bond acceptors (Lipinski definition) is 3. The summed E-state index contributed by atoms with van der Waals surface area (Å²) in [5, 5.41) is 9.91. The van der Waals surface area contributed by atoms with E-state index in [-0.39, 0.29) is 6.04 Å². The van der Waals surface area contributed by atoms with Crippen molar-refractivity contribution in [1.29, 1.82) is 0 Å². The molecule has 2 unspecified atom stereocenters. The summed E-state index contributed by atoms with van der Waals surface area (Å²) in [5.41, 5.74) is 8.39. The summed E-state index contributed by atoms with van der Waals surface area (Å²) in [6.45, 7) is 5.98. The highest BCUT2D eigenvalue weighted by molar-refractivity contribution is 5.76. The predicted molar refractivity (Wildman–Crippen MR) is 68.8 cm³/mol. The number of aliphatic hydroxyl groups excluding tert-OH is 1. The van der Waals surface area contributed by atoms with Crippen LogP contribution in [0, 0.1) is 0 Å². The van der Waals surface area contributed by atoms with E-state index in [1.54, 1.807) is 6.92 Å². The zero-order valence-corrected chi connectivity index (χ0v) is 10.4. The Morgan fingerprint density at radius 2 is 2.00 bits per heavy atom. The number of aromatic amines is 1. The van der Waals surface area contributed by atoms with Crippen LogP contribution in [-0.2, 0) is 0 Å². The van der Waals surface area contributed by atoms with E-state index >= 15 is 0 Å². The van der Waals surface area contributed by atoms with Crippen LogP contribution in [-0.4, -0.2) is 21.1 Å². The van der Waals surface area contributed by atoms with Gasteiger partial charge in [0.2, 0.25) is 0 Å². The van der Waals surface area contributed by atoms with Crippen LogP contribution in [0.2, 0.25) is 0 Å². The minimum atomic E-state index is -0.634. The molecule has 0 saturated heterocycles. The van der Waals surface area contributed by atoms with Gasteiger partial charge in [0.25, 0.3) is 0 Å². The fraction of sp³-hybridized carbons (Fsp3) is 0.462. The molecule has 0 spiro atoms. The number of aliphatic hydroxyl groups is 1. The Morgan fingerprint density at radius 1 is 1.29 bits per heavy atom. The molecule has 4 nitrogen and oxygen atoms in total. The highest BCUT2D eigenvalue weighted by Gasteiger charge is 2.14. The Morgan fingerprint density at radius 3 is 2.59 bits per heavy atom. The van der Waals surface area contributed by atoms with Crippen LogP contribution in [0.25, 0.3) is 11.0 Å². The molecule has 2 aromatic rings. The molecule has 2 atom stereocenters. The number of hydrogen-bond donors (Lipinski definition) is 3. The van der Waals surface area contributed by atoms with Gasteiger partial charge in [-0.1, -0.05) is 19.9 Å². The van der Waals surface area contributed by atoms with Crippen LogP contribution in [0.3, 0.4) is 0 Å². The topological polar surface area (TPSA) is 74.9 Å². The molecule has 0 aliphatic rings. The van der Waals surface area contributed by atoms with E-state index in [0.717, 1.165) is 22.4 Å². The van der Waals surface area contributed by atoms with E-state index in [1.165, 1.54) is 0 Å². The fourth-order valence-electron chi connectivity index (χ4n) is 1.81. The minimum Gasteiger partial charge on any atom is -0.387 e. The molecule has 1 aromatic carbocycles. The Labute approximate surface area is 101 Å². The zero-order valence-electron chi connectivity index (χ0n) is 10.4. The molecule has 0 amide bonds. The number of nitrogens with two attached hydrogens (primary N) is 1. The van der Waals surface area contributed by atoms with E-state index in [2.05, 4.69) is 23.8 Å². The van der Waals surface area contributed by atoms with Crippen LogP contribution < -0.4 is 5.73 Å². The highest BCUT2D eigenvalue weighted by Crippen LogP contribution is 2.22. The van der Waals surface area contributed by atoms with Gasteiger partial charge < -0.3 is 15.8 Å². The van der Waals surface area contributed by atoms with Crippen molar-refractivity contribution >= 4 is 11.0 Å². The number of benzene rings is 1. The molecule has 2 rings (SSSR count). The molecule has 1 heterocycles. The van der Waals surface area contributed by atoms with Crippen LogP contribution in [0.15, 0.2) is 18.2 Å². The first-order valence-electron chi connectivity index (χ1n) is 5.92. The highest BCUT2D eigenvalue weighted by atomic mass is 16.3. The quantitative estimate of drug-likeness (QED) is 0.759. The third-order valence-corrected chi connectivity index (χ3v) is 2.91. The van der Waals surface area contributed by atoms with E-state index in [0.29, 0.717) is 5.92 Å². The second kappa shape index (κ2) is 4.47. The summed E-state index contributed by atoms with van der Waals surface area (Å²) in [7, 11) is 0. The van der Waals surface area contributed by atoms with Gasteiger partial charge in [-0.2, -0.15) is 0 Å². The molecular formula is C13H19N3O. The van der Waals surface area contributed by atoms with Crippen LogP contribution in [0.5, 0.6) is 0 Å². The van der Waals surface area contributed by atoms with Gasteiger partial charge in [0.05, 0.1) is 17.1 Å². The van der Waals surface area contributed by atoms with Crippen LogP contribution >= 0.6 is 0 Å². The second-order valence-corrected chi connectivity index (χ2v) is 4.86. The van der Waals surface area contributed by atoms with Crippen molar-refractivity contribution in [3.63, 3.8) is 0 Å². The van der Waals surface area contributed by atoms with Gasteiger partial charge in [-0.3, -0.25) is 0 Å². The lowest BCUT2D eigenvalue weighted by Gasteiger charge is -2.14. The summed E-state index contributed by atoms with van der Waals surface area (Å²) in [6, 6.07) is 5.43. The summed E-state index contributed by atoms with van der Waals surface area (Å²) in [6.07, 6.45) is -0.634. The van der Waals surface area contributed by atoms with E-state index < -0.39 is 6.10 Å². The largest absolute Gasteiger partial charge is 0.387 e. The molecule has 17 heavy (non-hydrogen) atoms. The normalized spacial score (nSPS) is 15.4. The van der Waals surface area contributed by atoms with Crippen LogP contribution in [0.1, 0.15) is 44.2 Å². The van der Waals surface area contributed by atoms with Gasteiger partial charge >= 0.3 is 0 Å². The van der Waals surface area contributed by atoms with E-state index in [1.807, 2.05) is 18.2 Å². The Kier molecular flexibility index (Phi) is 3.17. The smallest absolute Gasteiger partial charge is 0.109 e. The number of fused-ring (bicyclic) bond motifs is 1. The monoisotopic (exact) mass is 233 g/mol. The van der Waals surface area contributed by atoms with Crippen molar-refractivity contribution in [2.75, 3.05) is 0 Å². The van der Waals surface area contributed by atoms with Crippen molar-refractivity contribution in [2.24, 2.45) is 5.73 Å². The summed E-state index contributed by atoms with van der Waals surface area (Å²) >= 11 is 0. The number of nitrogens with zero attached hydrogens (tertiary/aromatic N) is 1. The molecule has 4 heteroatoms. The number of rotatable bonds is 3. The SMILES string of the molecule is CC(C)c1nc2ccc(C(O)C(C)N)cc2[nH]1. The summed E-state index contributed by atoms with van der Waals surface area (Å²) in [5.74, 6) is 1.33. The standard InChI is InChI=1S/C13H19N3O/c1-7(2)13-15-10-5-4-9(6-11(10)16-13)12(17)8(3)14/h4-8,12,17H,14H2,1-3H3,(H,15,16). The van der Waals surface area contributed by atoms with E-state index in [4.69, 9.17) is 5.73 Å². The van der Waals surface area contributed by atoms with Gasteiger partial charge in [0, 0.05) is 12.0 Å². The lowest BCUT2D eigenvalue weighted by Crippen LogP contribution is -2.24. The van der Waals surface area contributed by atoms with E-state index in [9.17, 15) is 5.11 Å². The molecule has 4 N–H and O–H groups in total. The molecule has 0 radical (unpaired) electrons. The zero-order chi connectivity index (χ0) is 12.6. The molecule has 1 aromatic heterocycles. The maximum atomic E-state index is 9.91. The van der Waals surface area contributed by atoms with Crippen molar-refractivity contribution in [3.05, 3.63) is 29.6 Å². The Balaban J connectivity index is 2.43. The predicted octanol–water partition coefficient (Wildman–Crippen LogP) is 2.07. The van der Waals surface area contributed by atoms with Crippen molar-refractivity contribution in [3.8, 4) is 0 Å². The minimum absolute atomic E-state index is 0.278. The molecule has 0 saturated carbocycles. The van der Waals surface area contributed by atoms with Gasteiger partial charge in [-0.05, 0) is 24.6 Å². The maximum Gasteiger partial charge on any atom is 0.109 e. The first-order chi connectivity index (χ1) is 7.99. The van der Waals surface area contributed by atoms with Crippen molar-refractivity contribution < 1.29 is 5.11 Å².